The number of aryl methyl sites for hydroxylation is 1. The molecule has 0 bridgehead atoms. The molecule has 610 valence electrons. The highest BCUT2D eigenvalue weighted by Gasteiger charge is 2.04. The van der Waals surface area contributed by atoms with E-state index in [0.717, 1.165) is 34.3 Å². The van der Waals surface area contributed by atoms with E-state index >= 15 is 0 Å². The molecule has 0 spiro atoms. The number of thiazole rings is 4. The normalized spacial score (nSPS) is 9.10. The predicted octanol–water partition coefficient (Wildman–Crippen LogP) is 30.1. The molecule has 0 N–H and O–H groups in total. The largest absolute Gasteiger partial charge is 0.264 e. The van der Waals surface area contributed by atoms with Crippen molar-refractivity contribution in [3.63, 3.8) is 0 Å². The molecule has 0 aromatic carbocycles. The van der Waals surface area contributed by atoms with Crippen molar-refractivity contribution in [1.82, 2.24) is 74.1 Å². The summed E-state index contributed by atoms with van der Waals surface area (Å²) in [7, 11) is 0. The standard InChI is InChI=1S/2C8H11N.4C7H10N2.C7H11NS.4C6H9NS.12CH4/c1-7(2)8-4-3-5-9-6-8;1-7(2)8-5-3-4-6-9-8;1-6(2)7-5-8-3-4-9-7;2*1-6(2)7-3-4-8-5-9-7;1-6(2)7-8-4-3-5-9-7;1-5(2)7-8-6(3)4-9-7;1-5(2)6-3-8-4-7-6;1-5(2)6-3-7-4-8-6;1-5(2)6-7-3-4-8-6;1-5(2)6-3-4-7-8-6;;;;;;;;;;;;/h2*3-7H,1-2H3;4*3-6H,1-2H3;4-5H,1-3H3;4*3-5H,1-2H3;12*1H4. The lowest BCUT2D eigenvalue weighted by Crippen LogP contribution is -1.93. The Bertz CT molecular complexity index is 2880. The summed E-state index contributed by atoms with van der Waals surface area (Å²) >= 11 is 8.42. The second kappa shape index (κ2) is 76.9. The third-order valence-electron chi connectivity index (χ3n) is 12.5. The second-order valence-electron chi connectivity index (χ2n) is 24.7. The van der Waals surface area contributed by atoms with Crippen molar-refractivity contribution in [3.05, 3.63) is 240 Å². The van der Waals surface area contributed by atoms with Crippen molar-refractivity contribution in [2.45, 2.75) is 313 Å². The first-order valence-corrected chi connectivity index (χ1v) is 36.9. The van der Waals surface area contributed by atoms with Crippen LogP contribution in [0, 0.1) is 6.92 Å². The van der Waals surface area contributed by atoms with Gasteiger partial charge in [0.25, 0.3) is 0 Å². The van der Waals surface area contributed by atoms with E-state index in [4.69, 9.17) is 0 Å². The number of nitrogens with zero attached hydrogens (tertiary/aromatic N) is 15. The molecular weight excluding hydrogens is 1420 g/mol. The van der Waals surface area contributed by atoms with Crippen LogP contribution in [-0.2, 0) is 0 Å². The molecule has 0 aliphatic rings. The van der Waals surface area contributed by atoms with E-state index in [0.29, 0.717) is 65.1 Å². The molecule has 11 aromatic heterocycles. The Hall–Kier alpha value is -7.23. The fraction of sp³-hybridized carbons (Fsp3) is 0.529. The van der Waals surface area contributed by atoms with E-state index < -0.39 is 0 Å². The Morgan fingerprint density at radius 1 is 0.290 bits per heavy atom. The van der Waals surface area contributed by atoms with Crippen LogP contribution < -0.4 is 0 Å². The molecule has 11 heterocycles. The number of aromatic nitrogens is 15. The monoisotopic (exact) mass is 1570 g/mol. The van der Waals surface area contributed by atoms with Crippen molar-refractivity contribution in [2.24, 2.45) is 0 Å². The summed E-state index contributed by atoms with van der Waals surface area (Å²) in [5, 5.41) is 8.66. The summed E-state index contributed by atoms with van der Waals surface area (Å²) in [5.74, 6) is 7.04. The van der Waals surface area contributed by atoms with Gasteiger partial charge in [0.1, 0.15) is 18.5 Å². The molecule has 20 heteroatoms. The van der Waals surface area contributed by atoms with Crippen molar-refractivity contribution in [1.29, 1.82) is 0 Å². The number of hydrogen-bond donors (Lipinski definition) is 0. The van der Waals surface area contributed by atoms with Crippen LogP contribution in [0.5, 0.6) is 0 Å². The van der Waals surface area contributed by atoms with Gasteiger partial charge in [0.15, 0.2) is 0 Å². The summed E-state index contributed by atoms with van der Waals surface area (Å²) in [4.78, 5) is 59.4. The van der Waals surface area contributed by atoms with E-state index in [-0.39, 0.29) is 89.1 Å². The molecule has 0 unspecified atom stereocenters. The summed E-state index contributed by atoms with van der Waals surface area (Å²) in [6.45, 7) is 49.1. The van der Waals surface area contributed by atoms with E-state index in [2.05, 4.69) is 249 Å². The lowest BCUT2D eigenvalue weighted by atomic mass is 10.1. The molecule has 107 heavy (non-hydrogen) atoms. The Kier molecular flexibility index (Phi) is 90.9. The van der Waals surface area contributed by atoms with Gasteiger partial charge in [-0.05, 0) is 114 Å². The summed E-state index contributed by atoms with van der Waals surface area (Å²) in [6, 6.07) is 17.8. The van der Waals surface area contributed by atoms with Gasteiger partial charge in [-0.15, -0.1) is 45.3 Å². The molecule has 0 fully saturated rings. The zero-order chi connectivity index (χ0) is 70.9. The van der Waals surface area contributed by atoms with Gasteiger partial charge in [0.2, 0.25) is 0 Å². The maximum Gasteiger partial charge on any atom is 0.130 e. The molecule has 0 aliphatic carbocycles. The van der Waals surface area contributed by atoms with Crippen LogP contribution in [0.1, 0.15) is 372 Å². The molecule has 0 amide bonds. The third-order valence-corrected chi connectivity index (χ3v) is 17.5. The SMILES string of the molecule is C.C.C.C.C.C.C.C.C.C.C.C.CC(C)c1ccccn1.CC(C)c1cccnc1.CC(C)c1ccncn1.CC(C)c1ccncn1.CC(C)c1ccns1.CC(C)c1cnccn1.CC(C)c1cncs1.CC(C)c1cscn1.CC(C)c1ncccn1.CC(C)c1nccs1.Cc1csc(C(C)C)n1. The molecule has 0 saturated heterocycles. The smallest absolute Gasteiger partial charge is 0.130 e. The van der Waals surface area contributed by atoms with E-state index in [1.807, 2.05) is 96.8 Å². The van der Waals surface area contributed by atoms with Crippen molar-refractivity contribution < 1.29 is 0 Å². The first-order valence-electron chi connectivity index (χ1n) is 32.6. The molecule has 15 nitrogen and oxygen atoms in total. The van der Waals surface area contributed by atoms with Gasteiger partial charge >= 0.3 is 0 Å². The average Bonchev–Trinajstić information content (AvgIpc) is 1.87. The zero-order valence-corrected chi connectivity index (χ0v) is 64.9. The predicted molar refractivity (Wildman–Crippen MR) is 488 cm³/mol. The highest BCUT2D eigenvalue weighted by atomic mass is 32.1. The average molecular weight is 1570 g/mol. The highest BCUT2D eigenvalue weighted by Crippen LogP contribution is 2.20. The zero-order valence-electron chi connectivity index (χ0n) is 60.8. The van der Waals surface area contributed by atoms with E-state index in [1.54, 1.807) is 119 Å². The maximum atomic E-state index is 4.33. The Balaban J connectivity index is -0.0000000918. The first kappa shape index (κ1) is 126. The molecule has 0 aliphatic heterocycles. The van der Waals surface area contributed by atoms with Gasteiger partial charge < -0.3 is 0 Å². The number of rotatable bonds is 11. The van der Waals surface area contributed by atoms with Crippen LogP contribution in [0.2, 0.25) is 0 Å². The van der Waals surface area contributed by atoms with Gasteiger partial charge in [0.05, 0.1) is 32.4 Å². The minimum atomic E-state index is 0. The third kappa shape index (κ3) is 62.4. The van der Waals surface area contributed by atoms with Crippen LogP contribution in [0.25, 0.3) is 0 Å². The summed E-state index contributed by atoms with van der Waals surface area (Å²) in [5.41, 5.74) is 11.8. The fourth-order valence-corrected chi connectivity index (χ4v) is 10.0. The minimum Gasteiger partial charge on any atom is -0.264 e. The first-order chi connectivity index (χ1) is 45.2. The topological polar surface area (TPSA) is 193 Å². The van der Waals surface area contributed by atoms with Crippen LogP contribution in [0.15, 0.2) is 175 Å². The lowest BCUT2D eigenvalue weighted by Gasteiger charge is -2.00. The van der Waals surface area contributed by atoms with Crippen LogP contribution in [0.4, 0.5) is 0 Å². The molecule has 0 atom stereocenters. The van der Waals surface area contributed by atoms with Crippen molar-refractivity contribution in [2.75, 3.05) is 0 Å². The van der Waals surface area contributed by atoms with E-state index in [9.17, 15) is 0 Å². The Labute approximate surface area is 680 Å². The van der Waals surface area contributed by atoms with Crippen molar-refractivity contribution in [3.8, 4) is 0 Å². The quantitative estimate of drug-likeness (QED) is 0.119. The highest BCUT2D eigenvalue weighted by molar-refractivity contribution is 7.10. The van der Waals surface area contributed by atoms with Gasteiger partial charge in [-0.1, -0.05) is 254 Å². The molecule has 0 saturated carbocycles. The lowest BCUT2D eigenvalue weighted by molar-refractivity contribution is 0.774. The van der Waals surface area contributed by atoms with Crippen LogP contribution >= 0.6 is 56.9 Å². The summed E-state index contributed by atoms with van der Waals surface area (Å²) < 4.78 is 3.99. The fourth-order valence-electron chi connectivity index (χ4n) is 6.64. The molecule has 11 aromatic rings. The van der Waals surface area contributed by atoms with Gasteiger partial charge in [-0.2, -0.15) is 0 Å². The second-order valence-corrected chi connectivity index (χ2v) is 29.0. The van der Waals surface area contributed by atoms with Crippen LogP contribution in [0.3, 0.4) is 0 Å². The molecule has 0 radical (unpaired) electrons. The van der Waals surface area contributed by atoms with Crippen LogP contribution in [-0.4, -0.2) is 74.1 Å². The summed E-state index contributed by atoms with van der Waals surface area (Å²) in [6.07, 6.45) is 26.6. The van der Waals surface area contributed by atoms with Gasteiger partial charge in [-0.3, -0.25) is 24.9 Å². The van der Waals surface area contributed by atoms with Crippen molar-refractivity contribution >= 4 is 56.9 Å². The van der Waals surface area contributed by atoms with Gasteiger partial charge in [0, 0.05) is 147 Å². The van der Waals surface area contributed by atoms with E-state index in [1.165, 1.54) is 31.0 Å². The van der Waals surface area contributed by atoms with Gasteiger partial charge in [-0.25, -0.2) is 49.2 Å². The Morgan fingerprint density at radius 3 is 1.03 bits per heavy atom. The minimum absolute atomic E-state index is 0. The Morgan fingerprint density at radius 2 is 0.794 bits per heavy atom. The molecule has 11 rings (SSSR count). The maximum absolute atomic E-state index is 4.33. The number of pyridine rings is 2. The molecular formula is C87H157N15S5. The number of hydrogen-bond acceptors (Lipinski definition) is 20.